The molecule has 0 bridgehead atoms. The summed E-state index contributed by atoms with van der Waals surface area (Å²) in [4.78, 5) is 52.1. The molecule has 0 fully saturated rings. The molecule has 1 N–H and O–H groups in total. The van der Waals surface area contributed by atoms with Gasteiger partial charge < -0.3 is 19.7 Å². The number of nitrogens with zero attached hydrogens (tertiary/aromatic N) is 1. The minimum atomic E-state index is -4.94. The number of esters is 2. The summed E-state index contributed by atoms with van der Waals surface area (Å²) in [6.07, 6.45) is -9.93. The molecule has 0 saturated carbocycles. The Labute approximate surface area is 282 Å². The van der Waals surface area contributed by atoms with Crippen LogP contribution in [0.1, 0.15) is 60.6 Å². The highest BCUT2D eigenvalue weighted by molar-refractivity contribution is 6.12. The van der Waals surface area contributed by atoms with Crippen molar-refractivity contribution in [2.75, 3.05) is 26.5 Å². The molecule has 4 aromatic rings. The van der Waals surface area contributed by atoms with Gasteiger partial charge in [0.25, 0.3) is 11.8 Å². The summed E-state index contributed by atoms with van der Waals surface area (Å²) in [5.41, 5.74) is -2.75. The smallest absolute Gasteiger partial charge is 0.420 e. The van der Waals surface area contributed by atoms with E-state index in [0.29, 0.717) is 17.2 Å². The number of amides is 2. The van der Waals surface area contributed by atoms with Crippen LogP contribution in [-0.2, 0) is 28.3 Å². The molecule has 0 unspecified atom stereocenters. The standard InChI is InChI=1S/C36H30F6N2O6/c1-44(2)33(47)25-19-21(9-7-14-30(45)50-29-18-16-23(34(48)49-3)20-27(29)36(40,41)42)15-17-28(25)43-32(46)31-24(22-10-5-4-6-11-22)12-8-13-26(31)35(37,38)39/h4-6,8,10-13,15-20H,7,9,14H2,1-3H3,(H,43,46). The highest BCUT2D eigenvalue weighted by Crippen LogP contribution is 2.39. The Bertz CT molecular complexity index is 1910. The molecule has 0 spiro atoms. The minimum absolute atomic E-state index is 0.0312. The van der Waals surface area contributed by atoms with Gasteiger partial charge in [-0.1, -0.05) is 48.5 Å². The van der Waals surface area contributed by atoms with E-state index in [1.807, 2.05) is 0 Å². The van der Waals surface area contributed by atoms with Crippen LogP contribution in [0, 0.1) is 0 Å². The quantitative estimate of drug-likeness (QED) is 0.102. The second kappa shape index (κ2) is 15.3. The van der Waals surface area contributed by atoms with Crippen molar-refractivity contribution in [1.29, 1.82) is 0 Å². The average Bonchev–Trinajstić information content (AvgIpc) is 3.07. The fourth-order valence-electron chi connectivity index (χ4n) is 5.05. The molecule has 8 nitrogen and oxygen atoms in total. The van der Waals surface area contributed by atoms with Crippen molar-refractivity contribution in [3.05, 3.63) is 118 Å². The Morgan fingerprint density at radius 3 is 2.08 bits per heavy atom. The molecular formula is C36H30F6N2O6. The molecule has 0 aliphatic carbocycles. The van der Waals surface area contributed by atoms with E-state index in [9.17, 15) is 45.5 Å². The van der Waals surface area contributed by atoms with Crippen molar-refractivity contribution >= 4 is 29.4 Å². The topological polar surface area (TPSA) is 102 Å². The number of nitrogens with one attached hydrogen (secondary N) is 1. The lowest BCUT2D eigenvalue weighted by Gasteiger charge is -2.19. The summed E-state index contributed by atoms with van der Waals surface area (Å²) in [5.74, 6) is -4.47. The number of aryl methyl sites for hydroxylation is 1. The van der Waals surface area contributed by atoms with Gasteiger partial charge in [0, 0.05) is 20.5 Å². The fraction of sp³-hybridized carbons (Fsp3) is 0.222. The molecule has 0 aliphatic rings. The lowest BCUT2D eigenvalue weighted by Crippen LogP contribution is -2.25. The Morgan fingerprint density at radius 1 is 0.780 bits per heavy atom. The Kier molecular flexibility index (Phi) is 11.3. The van der Waals surface area contributed by atoms with E-state index in [2.05, 4.69) is 10.1 Å². The summed E-state index contributed by atoms with van der Waals surface area (Å²) in [7, 11) is 3.89. The van der Waals surface area contributed by atoms with Crippen molar-refractivity contribution in [2.45, 2.75) is 31.6 Å². The number of carbonyl (C=O) groups excluding carboxylic acids is 4. The average molecular weight is 701 g/mol. The maximum atomic E-state index is 14.1. The zero-order valence-electron chi connectivity index (χ0n) is 26.9. The summed E-state index contributed by atoms with van der Waals surface area (Å²) in [6.45, 7) is 0. The number of ether oxygens (including phenoxy) is 2. The van der Waals surface area contributed by atoms with Crippen LogP contribution in [0.3, 0.4) is 0 Å². The molecule has 0 heterocycles. The van der Waals surface area contributed by atoms with E-state index in [-0.39, 0.29) is 41.6 Å². The van der Waals surface area contributed by atoms with E-state index < -0.39 is 58.5 Å². The van der Waals surface area contributed by atoms with Crippen LogP contribution in [0.2, 0.25) is 0 Å². The molecule has 4 rings (SSSR count). The Morgan fingerprint density at radius 2 is 1.46 bits per heavy atom. The van der Waals surface area contributed by atoms with Crippen molar-refractivity contribution in [3.63, 3.8) is 0 Å². The summed E-state index contributed by atoms with van der Waals surface area (Å²) >= 11 is 0. The minimum Gasteiger partial charge on any atom is -0.465 e. The molecule has 0 radical (unpaired) electrons. The molecule has 4 aromatic carbocycles. The number of methoxy groups -OCH3 is 1. The van der Waals surface area contributed by atoms with Gasteiger partial charge in [-0.15, -0.1) is 0 Å². The first kappa shape index (κ1) is 37.2. The first-order valence-electron chi connectivity index (χ1n) is 14.9. The van der Waals surface area contributed by atoms with Crippen molar-refractivity contribution in [3.8, 4) is 16.9 Å². The number of rotatable bonds is 10. The molecular weight excluding hydrogens is 670 g/mol. The first-order chi connectivity index (χ1) is 23.5. The third kappa shape index (κ3) is 8.87. The Hall–Kier alpha value is -5.66. The van der Waals surface area contributed by atoms with Crippen molar-refractivity contribution < 1.29 is 55.0 Å². The Balaban J connectivity index is 1.55. The predicted octanol–water partition coefficient (Wildman–Crippen LogP) is 8.06. The molecule has 262 valence electrons. The first-order valence-corrected chi connectivity index (χ1v) is 14.9. The van der Waals surface area contributed by atoms with Crippen LogP contribution in [0.5, 0.6) is 5.75 Å². The third-order valence-corrected chi connectivity index (χ3v) is 7.43. The number of anilines is 1. The van der Waals surface area contributed by atoms with Gasteiger partial charge >= 0.3 is 24.3 Å². The second-order valence-corrected chi connectivity index (χ2v) is 11.2. The lowest BCUT2D eigenvalue weighted by molar-refractivity contribution is -0.142. The van der Waals surface area contributed by atoms with E-state index in [1.165, 1.54) is 49.3 Å². The molecule has 0 aromatic heterocycles. The van der Waals surface area contributed by atoms with Gasteiger partial charge in [0.15, 0.2) is 0 Å². The van der Waals surface area contributed by atoms with E-state index in [4.69, 9.17) is 4.74 Å². The largest absolute Gasteiger partial charge is 0.465 e. The van der Waals surface area contributed by atoms with E-state index in [0.717, 1.165) is 25.3 Å². The predicted molar refractivity (Wildman–Crippen MR) is 171 cm³/mol. The van der Waals surface area contributed by atoms with Gasteiger partial charge in [-0.2, -0.15) is 26.3 Å². The maximum Gasteiger partial charge on any atom is 0.420 e. The van der Waals surface area contributed by atoms with Crippen LogP contribution in [-0.4, -0.2) is 49.9 Å². The maximum absolute atomic E-state index is 14.1. The van der Waals surface area contributed by atoms with E-state index in [1.54, 1.807) is 30.3 Å². The van der Waals surface area contributed by atoms with Crippen LogP contribution >= 0.6 is 0 Å². The van der Waals surface area contributed by atoms with Gasteiger partial charge in [-0.25, -0.2) is 4.79 Å². The highest BCUT2D eigenvalue weighted by atomic mass is 19.4. The SMILES string of the molecule is COC(=O)c1ccc(OC(=O)CCCc2ccc(NC(=O)c3c(-c4ccccc4)cccc3C(F)(F)F)c(C(=O)N(C)C)c2)c(C(F)(F)F)c1. The number of halogens is 6. The molecule has 0 aliphatic heterocycles. The van der Waals surface area contributed by atoms with Gasteiger partial charge in [0.1, 0.15) is 5.75 Å². The monoisotopic (exact) mass is 700 g/mol. The number of benzene rings is 4. The van der Waals surface area contributed by atoms with Gasteiger partial charge in [0.2, 0.25) is 0 Å². The lowest BCUT2D eigenvalue weighted by atomic mass is 9.94. The van der Waals surface area contributed by atoms with Crippen molar-refractivity contribution in [1.82, 2.24) is 4.90 Å². The zero-order valence-corrected chi connectivity index (χ0v) is 26.9. The van der Waals surface area contributed by atoms with Crippen LogP contribution < -0.4 is 10.1 Å². The fourth-order valence-corrected chi connectivity index (χ4v) is 5.05. The molecule has 50 heavy (non-hydrogen) atoms. The van der Waals surface area contributed by atoms with Gasteiger partial charge in [0.05, 0.1) is 40.6 Å². The summed E-state index contributed by atoms with van der Waals surface area (Å²) in [6, 6.07) is 18.1. The second-order valence-electron chi connectivity index (χ2n) is 11.2. The zero-order chi connectivity index (χ0) is 36.8. The molecule has 0 atom stereocenters. The highest BCUT2D eigenvalue weighted by Gasteiger charge is 2.37. The normalized spacial score (nSPS) is 11.5. The number of hydrogen-bond acceptors (Lipinski definition) is 6. The van der Waals surface area contributed by atoms with E-state index >= 15 is 0 Å². The summed E-state index contributed by atoms with van der Waals surface area (Å²) in [5, 5.41) is 2.46. The van der Waals surface area contributed by atoms with Crippen LogP contribution in [0.15, 0.2) is 84.9 Å². The van der Waals surface area contributed by atoms with Gasteiger partial charge in [-0.05, 0) is 65.9 Å². The number of carbonyl (C=O) groups is 4. The molecule has 2 amide bonds. The number of alkyl halides is 6. The van der Waals surface area contributed by atoms with Gasteiger partial charge in [-0.3, -0.25) is 14.4 Å². The van der Waals surface area contributed by atoms with Crippen LogP contribution in [0.4, 0.5) is 32.0 Å². The van der Waals surface area contributed by atoms with Crippen molar-refractivity contribution in [2.24, 2.45) is 0 Å². The molecule has 0 saturated heterocycles. The summed E-state index contributed by atoms with van der Waals surface area (Å²) < 4.78 is 92.5. The molecule has 14 heteroatoms. The van der Waals surface area contributed by atoms with Crippen LogP contribution in [0.25, 0.3) is 11.1 Å². The third-order valence-electron chi connectivity index (χ3n) is 7.43. The number of hydrogen-bond donors (Lipinski definition) is 1.